The van der Waals surface area contributed by atoms with Gasteiger partial charge in [0.05, 0.1) is 0 Å². The average Bonchev–Trinajstić information content (AvgIpc) is 2.04. The van der Waals surface area contributed by atoms with Crippen molar-refractivity contribution in [1.82, 2.24) is 0 Å². The molecule has 1 unspecified atom stereocenters. The average molecular weight is 144 g/mol. The summed E-state index contributed by atoms with van der Waals surface area (Å²) in [6.07, 6.45) is 0.176. The van der Waals surface area contributed by atoms with Crippen LogP contribution < -0.4 is 0 Å². The third-order valence-corrected chi connectivity index (χ3v) is 1.73. The molecule has 0 aromatic heterocycles. The molecule has 0 amide bonds. The van der Waals surface area contributed by atoms with Gasteiger partial charge in [-0.3, -0.25) is 0 Å². The van der Waals surface area contributed by atoms with Crippen LogP contribution in [0.5, 0.6) is 0 Å². The van der Waals surface area contributed by atoms with Gasteiger partial charge in [0.15, 0.2) is 0 Å². The van der Waals surface area contributed by atoms with Crippen molar-refractivity contribution in [2.24, 2.45) is 0 Å². The van der Waals surface area contributed by atoms with Gasteiger partial charge in [-0.15, -0.1) is 0 Å². The van der Waals surface area contributed by atoms with Gasteiger partial charge in [0.25, 0.3) is 0 Å². The highest BCUT2D eigenvalue weighted by molar-refractivity contribution is 5.63. The monoisotopic (exact) mass is 144 g/mol. The van der Waals surface area contributed by atoms with E-state index in [0.717, 1.165) is 6.42 Å². The second-order valence-corrected chi connectivity index (χ2v) is 2.97. The van der Waals surface area contributed by atoms with Crippen molar-refractivity contribution >= 4 is 6.16 Å². The number of hydrogen-bond acceptors (Lipinski definition) is 3. The molecule has 1 fully saturated rings. The van der Waals surface area contributed by atoms with Crippen molar-refractivity contribution in [2.75, 3.05) is 0 Å². The van der Waals surface area contributed by atoms with E-state index in [2.05, 4.69) is 0 Å². The Kier molecular flexibility index (Phi) is 1.58. The van der Waals surface area contributed by atoms with Gasteiger partial charge < -0.3 is 9.47 Å². The van der Waals surface area contributed by atoms with E-state index >= 15 is 0 Å². The Bertz CT molecular complexity index is 151. The van der Waals surface area contributed by atoms with E-state index in [1.165, 1.54) is 0 Å². The van der Waals surface area contributed by atoms with E-state index in [1.54, 1.807) is 0 Å². The quantitative estimate of drug-likeness (QED) is 0.525. The van der Waals surface area contributed by atoms with Gasteiger partial charge in [-0.25, -0.2) is 4.79 Å². The van der Waals surface area contributed by atoms with E-state index in [1.807, 2.05) is 20.8 Å². The number of rotatable bonds is 1. The highest BCUT2D eigenvalue weighted by Gasteiger charge is 2.42. The Morgan fingerprint density at radius 2 is 2.20 bits per heavy atom. The molecule has 1 atom stereocenters. The SMILES string of the molecule is CCC1OC(=O)OC1(C)C. The molecule has 0 aromatic carbocycles. The summed E-state index contributed by atoms with van der Waals surface area (Å²) in [5.41, 5.74) is -0.439. The maximum Gasteiger partial charge on any atom is 0.509 e. The third kappa shape index (κ3) is 1.08. The van der Waals surface area contributed by atoms with Crippen LogP contribution in [0.4, 0.5) is 4.79 Å². The summed E-state index contributed by atoms with van der Waals surface area (Å²) in [5, 5.41) is 0. The molecule has 0 aliphatic carbocycles. The van der Waals surface area contributed by atoms with Gasteiger partial charge in [0, 0.05) is 0 Å². The zero-order valence-corrected chi connectivity index (χ0v) is 6.51. The second-order valence-electron chi connectivity index (χ2n) is 2.97. The maximum absolute atomic E-state index is 10.6. The number of ether oxygens (including phenoxy) is 2. The molecule has 10 heavy (non-hydrogen) atoms. The van der Waals surface area contributed by atoms with Crippen molar-refractivity contribution < 1.29 is 14.3 Å². The number of carbonyl (C=O) groups excluding carboxylic acids is 1. The Morgan fingerprint density at radius 3 is 2.40 bits per heavy atom. The van der Waals surface area contributed by atoms with Crippen LogP contribution in [0.3, 0.4) is 0 Å². The molecule has 0 radical (unpaired) electrons. The minimum atomic E-state index is -0.545. The predicted octanol–water partition coefficient (Wildman–Crippen LogP) is 1.71. The minimum absolute atomic E-state index is 0.0833. The fraction of sp³-hybridized carbons (Fsp3) is 0.857. The van der Waals surface area contributed by atoms with Crippen molar-refractivity contribution in [3.8, 4) is 0 Å². The lowest BCUT2D eigenvalue weighted by atomic mass is 10.0. The topological polar surface area (TPSA) is 35.5 Å². The smallest absolute Gasteiger partial charge is 0.427 e. The Balaban J connectivity index is 2.67. The molecule has 1 saturated heterocycles. The molecular formula is C7H12O3. The summed E-state index contributed by atoms with van der Waals surface area (Å²) < 4.78 is 9.76. The van der Waals surface area contributed by atoms with Gasteiger partial charge in [-0.05, 0) is 20.3 Å². The molecule has 3 heteroatoms. The van der Waals surface area contributed by atoms with Crippen molar-refractivity contribution in [3.05, 3.63) is 0 Å². The van der Waals surface area contributed by atoms with Gasteiger partial charge in [-0.2, -0.15) is 0 Å². The molecule has 0 spiro atoms. The van der Waals surface area contributed by atoms with Crippen LogP contribution in [0.15, 0.2) is 0 Å². The fourth-order valence-corrected chi connectivity index (χ4v) is 1.14. The van der Waals surface area contributed by atoms with Crippen LogP contribution in [0.25, 0.3) is 0 Å². The third-order valence-electron chi connectivity index (χ3n) is 1.73. The van der Waals surface area contributed by atoms with Gasteiger partial charge in [0.2, 0.25) is 0 Å². The Hall–Kier alpha value is -0.730. The van der Waals surface area contributed by atoms with E-state index in [0.29, 0.717) is 0 Å². The molecule has 1 aliphatic rings. The summed E-state index contributed by atoms with van der Waals surface area (Å²) in [7, 11) is 0. The van der Waals surface area contributed by atoms with Crippen molar-refractivity contribution in [3.63, 3.8) is 0 Å². The first-order valence-corrected chi connectivity index (χ1v) is 3.46. The van der Waals surface area contributed by atoms with Crippen LogP contribution in [-0.4, -0.2) is 17.9 Å². The van der Waals surface area contributed by atoms with Gasteiger partial charge in [-0.1, -0.05) is 6.92 Å². The van der Waals surface area contributed by atoms with E-state index in [4.69, 9.17) is 9.47 Å². The first-order valence-electron chi connectivity index (χ1n) is 3.46. The van der Waals surface area contributed by atoms with E-state index < -0.39 is 11.8 Å². The Labute approximate surface area is 60.3 Å². The maximum atomic E-state index is 10.6. The number of carbonyl (C=O) groups is 1. The molecule has 0 N–H and O–H groups in total. The predicted molar refractivity (Wildman–Crippen MR) is 35.7 cm³/mol. The van der Waals surface area contributed by atoms with E-state index in [-0.39, 0.29) is 6.10 Å². The normalized spacial score (nSPS) is 29.5. The molecule has 0 aromatic rings. The highest BCUT2D eigenvalue weighted by atomic mass is 16.8. The first-order chi connectivity index (χ1) is 4.56. The molecule has 0 bridgehead atoms. The fourth-order valence-electron chi connectivity index (χ4n) is 1.14. The van der Waals surface area contributed by atoms with Crippen molar-refractivity contribution in [2.45, 2.75) is 38.9 Å². The van der Waals surface area contributed by atoms with Crippen LogP contribution in [-0.2, 0) is 9.47 Å². The summed E-state index contributed by atoms with van der Waals surface area (Å²) in [6.45, 7) is 5.67. The molecule has 0 saturated carbocycles. The molecule has 1 aliphatic heterocycles. The van der Waals surface area contributed by atoms with Crippen LogP contribution >= 0.6 is 0 Å². The van der Waals surface area contributed by atoms with Crippen LogP contribution in [0.1, 0.15) is 27.2 Å². The number of hydrogen-bond donors (Lipinski definition) is 0. The highest BCUT2D eigenvalue weighted by Crippen LogP contribution is 2.27. The van der Waals surface area contributed by atoms with Crippen LogP contribution in [0.2, 0.25) is 0 Å². The summed E-state index contributed by atoms with van der Waals surface area (Å²) >= 11 is 0. The van der Waals surface area contributed by atoms with E-state index in [9.17, 15) is 4.79 Å². The second kappa shape index (κ2) is 2.15. The molecule has 3 nitrogen and oxygen atoms in total. The lowest BCUT2D eigenvalue weighted by molar-refractivity contribution is 0.0629. The van der Waals surface area contributed by atoms with Gasteiger partial charge in [0.1, 0.15) is 11.7 Å². The Morgan fingerprint density at radius 1 is 1.60 bits per heavy atom. The lowest BCUT2D eigenvalue weighted by Crippen LogP contribution is -2.32. The summed E-state index contributed by atoms with van der Waals surface area (Å²) in [5.74, 6) is 0. The summed E-state index contributed by atoms with van der Waals surface area (Å²) in [6, 6.07) is 0. The van der Waals surface area contributed by atoms with Crippen molar-refractivity contribution in [1.29, 1.82) is 0 Å². The summed E-state index contributed by atoms with van der Waals surface area (Å²) in [4.78, 5) is 10.6. The molecule has 1 rings (SSSR count). The molecule has 58 valence electrons. The zero-order chi connectivity index (χ0) is 7.78. The first kappa shape index (κ1) is 7.38. The van der Waals surface area contributed by atoms with Crippen LogP contribution in [0, 0.1) is 0 Å². The molecule has 1 heterocycles. The van der Waals surface area contributed by atoms with Gasteiger partial charge >= 0.3 is 6.16 Å². The minimum Gasteiger partial charge on any atom is -0.427 e. The standard InChI is InChI=1S/C7H12O3/c1-4-5-7(2,3)10-6(8)9-5/h5H,4H2,1-3H3. The lowest BCUT2D eigenvalue weighted by Gasteiger charge is -2.19. The zero-order valence-electron chi connectivity index (χ0n) is 6.51. The largest absolute Gasteiger partial charge is 0.509 e. The molecular weight excluding hydrogens is 132 g/mol. The number of cyclic esters (lactones) is 2.